The lowest BCUT2D eigenvalue weighted by atomic mass is 10.1. The molecule has 0 aliphatic heterocycles. The summed E-state index contributed by atoms with van der Waals surface area (Å²) in [4.78, 5) is 16.0. The minimum Gasteiger partial charge on any atom is -0.342 e. The molecule has 0 saturated carbocycles. The van der Waals surface area contributed by atoms with Crippen molar-refractivity contribution in [1.82, 2.24) is 10.3 Å². The first kappa shape index (κ1) is 19.5. The average Bonchev–Trinajstić information content (AvgIpc) is 2.60. The number of hydrogen-bond acceptors (Lipinski definition) is 2. The Morgan fingerprint density at radius 3 is 2.58 bits per heavy atom. The minimum absolute atomic E-state index is 0.0282. The second kappa shape index (κ2) is 8.52. The molecule has 1 amide bonds. The van der Waals surface area contributed by atoms with Gasteiger partial charge in [-0.2, -0.15) is 0 Å². The van der Waals surface area contributed by atoms with Gasteiger partial charge in [0.05, 0.1) is 6.04 Å². The molecule has 0 aliphatic carbocycles. The molecule has 0 bridgehead atoms. The lowest BCUT2D eigenvalue weighted by Gasteiger charge is -2.24. The van der Waals surface area contributed by atoms with E-state index in [1.54, 1.807) is 25.1 Å². The largest absolute Gasteiger partial charge is 0.342 e. The Labute approximate surface area is 150 Å². The molecule has 0 radical (unpaired) electrons. The fourth-order valence-corrected chi connectivity index (χ4v) is 2.24. The van der Waals surface area contributed by atoms with Crippen molar-refractivity contribution in [3.05, 3.63) is 65.2 Å². The Morgan fingerprint density at radius 2 is 1.96 bits per heavy atom. The van der Waals surface area contributed by atoms with Crippen molar-refractivity contribution in [3.63, 3.8) is 0 Å². The van der Waals surface area contributed by atoms with Crippen LogP contribution in [-0.4, -0.2) is 22.9 Å². The molecule has 3 nitrogen and oxygen atoms in total. The van der Waals surface area contributed by atoms with Crippen LogP contribution in [0.2, 0.25) is 0 Å². The summed E-state index contributed by atoms with van der Waals surface area (Å²) in [6, 6.07) is 7.54. The summed E-state index contributed by atoms with van der Waals surface area (Å²) in [6.45, 7) is 2.93. The zero-order chi connectivity index (χ0) is 19.2. The highest BCUT2D eigenvalue weighted by molar-refractivity contribution is 5.92. The second-order valence-corrected chi connectivity index (χ2v) is 5.90. The molecule has 1 heterocycles. The molecule has 0 spiro atoms. The number of benzene rings is 1. The molecule has 1 aromatic heterocycles. The van der Waals surface area contributed by atoms with Gasteiger partial charge in [0.25, 0.3) is 11.8 Å². The van der Waals surface area contributed by atoms with Crippen LogP contribution < -0.4 is 5.32 Å². The van der Waals surface area contributed by atoms with E-state index in [2.05, 4.69) is 22.1 Å². The number of pyridine rings is 1. The van der Waals surface area contributed by atoms with Crippen molar-refractivity contribution in [2.75, 3.05) is 0 Å². The zero-order valence-electron chi connectivity index (χ0n) is 14.5. The molecule has 0 saturated heterocycles. The number of halogens is 3. The number of hydrogen-bond donors (Lipinski definition) is 1. The highest BCUT2D eigenvalue weighted by Crippen LogP contribution is 2.24. The first-order chi connectivity index (χ1) is 12.3. The van der Waals surface area contributed by atoms with Gasteiger partial charge in [0.15, 0.2) is 0 Å². The molecule has 1 aromatic carbocycles. The summed E-state index contributed by atoms with van der Waals surface area (Å²) in [5.41, 5.74) is 1.06. The molecule has 2 aromatic rings. The number of alkyl halides is 2. The molecular weight excluding hydrogens is 341 g/mol. The quantitative estimate of drug-likeness (QED) is 0.813. The topological polar surface area (TPSA) is 42.0 Å². The number of carbonyl (C=O) groups is 1. The van der Waals surface area contributed by atoms with Gasteiger partial charge in [-0.15, -0.1) is 0 Å². The van der Waals surface area contributed by atoms with Crippen molar-refractivity contribution in [3.8, 4) is 11.8 Å². The number of aromatic nitrogens is 1. The van der Waals surface area contributed by atoms with Crippen LogP contribution in [0.4, 0.5) is 13.2 Å². The second-order valence-electron chi connectivity index (χ2n) is 5.90. The van der Waals surface area contributed by atoms with E-state index in [0.717, 1.165) is 0 Å². The maximum absolute atomic E-state index is 13.8. The Hall–Kier alpha value is -2.81. The van der Waals surface area contributed by atoms with E-state index in [1.807, 2.05) is 0 Å². The van der Waals surface area contributed by atoms with E-state index in [0.29, 0.717) is 17.5 Å². The first-order valence-corrected chi connectivity index (χ1v) is 8.24. The van der Waals surface area contributed by atoms with E-state index in [9.17, 15) is 18.0 Å². The van der Waals surface area contributed by atoms with Crippen LogP contribution >= 0.6 is 0 Å². The summed E-state index contributed by atoms with van der Waals surface area (Å²) in [5, 5.41) is 2.28. The highest BCUT2D eigenvalue weighted by atomic mass is 19.3. The third-order valence-corrected chi connectivity index (χ3v) is 3.74. The van der Waals surface area contributed by atoms with Crippen molar-refractivity contribution < 1.29 is 18.0 Å². The highest BCUT2D eigenvalue weighted by Gasteiger charge is 2.36. The lowest BCUT2D eigenvalue weighted by Crippen LogP contribution is -2.45. The Bertz CT molecular complexity index is 823. The number of amides is 1. The maximum Gasteiger partial charge on any atom is 0.270 e. The first-order valence-electron chi connectivity index (χ1n) is 8.24. The molecule has 2 rings (SSSR count). The Morgan fingerprint density at radius 1 is 1.23 bits per heavy atom. The molecule has 0 fully saturated rings. The van der Waals surface area contributed by atoms with Crippen LogP contribution in [0.25, 0.3) is 0 Å². The van der Waals surface area contributed by atoms with Gasteiger partial charge in [0, 0.05) is 23.7 Å². The van der Waals surface area contributed by atoms with Gasteiger partial charge >= 0.3 is 0 Å². The molecule has 1 N–H and O–H groups in total. The van der Waals surface area contributed by atoms with Gasteiger partial charge in [-0.25, -0.2) is 18.2 Å². The van der Waals surface area contributed by atoms with Gasteiger partial charge in [-0.1, -0.05) is 31.3 Å². The number of rotatable bonds is 5. The van der Waals surface area contributed by atoms with Gasteiger partial charge in [0.2, 0.25) is 0 Å². The third kappa shape index (κ3) is 5.35. The van der Waals surface area contributed by atoms with Crippen LogP contribution in [0.1, 0.15) is 48.3 Å². The molecule has 26 heavy (non-hydrogen) atoms. The van der Waals surface area contributed by atoms with Crippen LogP contribution in [0.5, 0.6) is 0 Å². The van der Waals surface area contributed by atoms with Crippen LogP contribution in [0.3, 0.4) is 0 Å². The summed E-state index contributed by atoms with van der Waals surface area (Å²) in [6.07, 6.45) is 1.40. The Kier molecular flexibility index (Phi) is 6.40. The standard InChI is InChI=1S/C20H19F3N2O/c1-3-11-20(22,23)14(2)25-19(26)18-10-9-16(13-24-18)8-7-15-5-4-6-17(21)12-15/h4-6,9-10,12-14H,3,11H2,1-2H3,(H,25,26). The van der Waals surface area contributed by atoms with E-state index in [1.165, 1.54) is 31.3 Å². The molecule has 136 valence electrons. The normalized spacial score (nSPS) is 12.0. The van der Waals surface area contributed by atoms with Gasteiger partial charge in [0.1, 0.15) is 11.5 Å². The fraction of sp³-hybridized carbons (Fsp3) is 0.300. The van der Waals surface area contributed by atoms with Crippen molar-refractivity contribution in [2.45, 2.75) is 38.7 Å². The number of nitrogens with one attached hydrogen (secondary N) is 1. The maximum atomic E-state index is 13.8. The average molecular weight is 360 g/mol. The smallest absolute Gasteiger partial charge is 0.270 e. The van der Waals surface area contributed by atoms with E-state index >= 15 is 0 Å². The van der Waals surface area contributed by atoms with E-state index in [4.69, 9.17) is 0 Å². The number of nitrogens with zero attached hydrogens (tertiary/aromatic N) is 1. The molecule has 1 atom stereocenters. The molecule has 0 aliphatic rings. The van der Waals surface area contributed by atoms with Gasteiger partial charge < -0.3 is 5.32 Å². The minimum atomic E-state index is -2.97. The van der Waals surface area contributed by atoms with E-state index in [-0.39, 0.29) is 17.9 Å². The van der Waals surface area contributed by atoms with Crippen LogP contribution in [-0.2, 0) is 0 Å². The third-order valence-electron chi connectivity index (χ3n) is 3.74. The molecule has 6 heteroatoms. The lowest BCUT2D eigenvalue weighted by molar-refractivity contribution is -0.0377. The van der Waals surface area contributed by atoms with Gasteiger partial charge in [-0.3, -0.25) is 4.79 Å². The van der Waals surface area contributed by atoms with Crippen LogP contribution in [0, 0.1) is 17.7 Å². The van der Waals surface area contributed by atoms with E-state index < -0.39 is 17.9 Å². The SMILES string of the molecule is CCCC(F)(F)C(C)NC(=O)c1ccc(C#Cc2cccc(F)c2)cn1. The summed E-state index contributed by atoms with van der Waals surface area (Å²) < 4.78 is 40.6. The predicted molar refractivity (Wildman–Crippen MR) is 93.4 cm³/mol. The Balaban J connectivity index is 2.04. The molecular formula is C20H19F3N2O. The fourth-order valence-electron chi connectivity index (χ4n) is 2.24. The molecule has 1 unspecified atom stereocenters. The monoisotopic (exact) mass is 360 g/mol. The summed E-state index contributed by atoms with van der Waals surface area (Å²) in [5.74, 6) is 1.57. The van der Waals surface area contributed by atoms with Gasteiger partial charge in [-0.05, 0) is 37.3 Å². The van der Waals surface area contributed by atoms with Crippen LogP contribution in [0.15, 0.2) is 42.6 Å². The van der Waals surface area contributed by atoms with Crippen molar-refractivity contribution in [1.29, 1.82) is 0 Å². The summed E-state index contributed by atoms with van der Waals surface area (Å²) >= 11 is 0. The predicted octanol–water partition coefficient (Wildman–Crippen LogP) is 4.17. The summed E-state index contributed by atoms with van der Waals surface area (Å²) in [7, 11) is 0. The zero-order valence-corrected chi connectivity index (χ0v) is 14.5. The van der Waals surface area contributed by atoms with Crippen molar-refractivity contribution in [2.24, 2.45) is 0 Å². The number of carbonyl (C=O) groups excluding carboxylic acids is 1. The van der Waals surface area contributed by atoms with Crippen molar-refractivity contribution >= 4 is 5.91 Å².